The molecule has 14 heavy (non-hydrogen) atoms. The fraction of sp³-hybridized carbons (Fsp3) is 0.500. The molecule has 0 aliphatic rings. The van der Waals surface area contributed by atoms with Gasteiger partial charge in [0.05, 0.1) is 9.90 Å². The van der Waals surface area contributed by atoms with Gasteiger partial charge in [-0.25, -0.2) is 0 Å². The number of rotatable bonds is 5. The van der Waals surface area contributed by atoms with Crippen molar-refractivity contribution in [1.29, 1.82) is 0 Å². The summed E-state index contributed by atoms with van der Waals surface area (Å²) in [5.74, 6) is 0.123. The van der Waals surface area contributed by atoms with Gasteiger partial charge < -0.3 is 5.32 Å². The van der Waals surface area contributed by atoms with Crippen LogP contribution >= 0.6 is 22.9 Å². The van der Waals surface area contributed by atoms with E-state index in [-0.39, 0.29) is 5.78 Å². The van der Waals surface area contributed by atoms with Crippen LogP contribution in [0.1, 0.15) is 29.9 Å². The van der Waals surface area contributed by atoms with Crippen LogP contribution < -0.4 is 5.32 Å². The third-order valence-corrected chi connectivity index (χ3v) is 3.16. The van der Waals surface area contributed by atoms with Crippen molar-refractivity contribution >= 4 is 28.7 Å². The molecule has 0 bridgehead atoms. The third-order valence-electron chi connectivity index (χ3n) is 1.78. The molecule has 1 N–H and O–H groups in total. The summed E-state index contributed by atoms with van der Waals surface area (Å²) in [4.78, 5) is 12.3. The van der Waals surface area contributed by atoms with E-state index >= 15 is 0 Å². The molecule has 0 radical (unpaired) electrons. The van der Waals surface area contributed by atoms with E-state index in [1.807, 2.05) is 5.38 Å². The van der Waals surface area contributed by atoms with Crippen molar-refractivity contribution < 1.29 is 4.79 Å². The summed E-state index contributed by atoms with van der Waals surface area (Å²) in [6.07, 6.45) is 0.512. The van der Waals surface area contributed by atoms with Gasteiger partial charge in [0.25, 0.3) is 0 Å². The number of nitrogens with one attached hydrogen (secondary N) is 1. The average molecular weight is 232 g/mol. The Labute approximate surface area is 93.3 Å². The standard InChI is InChI=1S/C10H14ClNOS/c1-7(2)12-5-3-9(13)10-8(11)4-6-14-10/h4,6-7,12H,3,5H2,1-2H3. The van der Waals surface area contributed by atoms with Crippen molar-refractivity contribution in [3.8, 4) is 0 Å². The predicted octanol–water partition coefficient (Wildman–Crippen LogP) is 2.97. The van der Waals surface area contributed by atoms with E-state index in [0.29, 0.717) is 28.9 Å². The average Bonchev–Trinajstić information content (AvgIpc) is 2.50. The highest BCUT2D eigenvalue weighted by Gasteiger charge is 2.11. The molecule has 0 fully saturated rings. The summed E-state index contributed by atoms with van der Waals surface area (Å²) in [5.41, 5.74) is 0. The number of carbonyl (C=O) groups is 1. The fourth-order valence-electron chi connectivity index (χ4n) is 1.08. The molecule has 1 aromatic rings. The maximum Gasteiger partial charge on any atom is 0.175 e. The fourth-order valence-corrected chi connectivity index (χ4v) is 2.21. The maximum atomic E-state index is 11.6. The van der Waals surface area contributed by atoms with Gasteiger partial charge in [0.15, 0.2) is 5.78 Å². The van der Waals surface area contributed by atoms with Crippen LogP contribution in [-0.4, -0.2) is 18.4 Å². The smallest absolute Gasteiger partial charge is 0.175 e. The summed E-state index contributed by atoms with van der Waals surface area (Å²) in [6.45, 7) is 4.83. The number of carbonyl (C=O) groups excluding carboxylic acids is 1. The first-order valence-corrected chi connectivity index (χ1v) is 5.86. The van der Waals surface area contributed by atoms with Crippen LogP contribution in [0.5, 0.6) is 0 Å². The van der Waals surface area contributed by atoms with Gasteiger partial charge in [-0.15, -0.1) is 11.3 Å². The van der Waals surface area contributed by atoms with Gasteiger partial charge in [0, 0.05) is 19.0 Å². The van der Waals surface area contributed by atoms with Gasteiger partial charge in [-0.2, -0.15) is 0 Å². The highest BCUT2D eigenvalue weighted by molar-refractivity contribution is 7.12. The number of hydrogen-bond donors (Lipinski definition) is 1. The molecule has 0 saturated heterocycles. The van der Waals surface area contributed by atoms with Gasteiger partial charge in [-0.1, -0.05) is 25.4 Å². The van der Waals surface area contributed by atoms with E-state index in [2.05, 4.69) is 19.2 Å². The molecule has 0 aromatic carbocycles. The van der Waals surface area contributed by atoms with Crippen molar-refractivity contribution in [2.24, 2.45) is 0 Å². The van der Waals surface area contributed by atoms with E-state index in [9.17, 15) is 4.79 Å². The second-order valence-electron chi connectivity index (χ2n) is 3.38. The molecular weight excluding hydrogens is 218 g/mol. The zero-order valence-electron chi connectivity index (χ0n) is 8.34. The van der Waals surface area contributed by atoms with Crippen LogP contribution in [-0.2, 0) is 0 Å². The molecule has 78 valence electrons. The van der Waals surface area contributed by atoms with E-state index in [1.165, 1.54) is 11.3 Å². The Bertz CT molecular complexity index is 309. The highest BCUT2D eigenvalue weighted by atomic mass is 35.5. The Kier molecular flexibility index (Phi) is 4.58. The van der Waals surface area contributed by atoms with Crippen LogP contribution in [0.2, 0.25) is 5.02 Å². The highest BCUT2D eigenvalue weighted by Crippen LogP contribution is 2.23. The van der Waals surface area contributed by atoms with Gasteiger partial charge in [-0.3, -0.25) is 4.79 Å². The van der Waals surface area contributed by atoms with Crippen molar-refractivity contribution in [2.45, 2.75) is 26.3 Å². The number of halogens is 1. The second-order valence-corrected chi connectivity index (χ2v) is 4.70. The molecule has 0 spiro atoms. The van der Waals surface area contributed by atoms with Crippen LogP contribution in [0.15, 0.2) is 11.4 Å². The normalized spacial score (nSPS) is 10.9. The summed E-state index contributed by atoms with van der Waals surface area (Å²) >= 11 is 7.25. The minimum absolute atomic E-state index is 0.123. The van der Waals surface area contributed by atoms with Gasteiger partial charge in [0.2, 0.25) is 0 Å². The van der Waals surface area contributed by atoms with E-state index in [4.69, 9.17) is 11.6 Å². The predicted molar refractivity (Wildman–Crippen MR) is 61.4 cm³/mol. The number of thiophene rings is 1. The lowest BCUT2D eigenvalue weighted by molar-refractivity contribution is 0.0986. The molecule has 2 nitrogen and oxygen atoms in total. The number of hydrogen-bond acceptors (Lipinski definition) is 3. The summed E-state index contributed by atoms with van der Waals surface area (Å²) in [5, 5.41) is 5.61. The Hall–Kier alpha value is -0.380. The monoisotopic (exact) mass is 231 g/mol. The van der Waals surface area contributed by atoms with Crippen molar-refractivity contribution in [2.75, 3.05) is 6.54 Å². The second kappa shape index (κ2) is 5.49. The molecule has 0 saturated carbocycles. The lowest BCUT2D eigenvalue weighted by Crippen LogP contribution is -2.25. The van der Waals surface area contributed by atoms with Crippen LogP contribution in [0.25, 0.3) is 0 Å². The first kappa shape index (κ1) is 11.7. The van der Waals surface area contributed by atoms with Crippen molar-refractivity contribution in [1.82, 2.24) is 5.32 Å². The van der Waals surface area contributed by atoms with Crippen molar-refractivity contribution in [3.05, 3.63) is 21.3 Å². The Morgan fingerprint density at radius 2 is 2.36 bits per heavy atom. The first-order chi connectivity index (χ1) is 6.61. The molecule has 0 atom stereocenters. The van der Waals surface area contributed by atoms with Gasteiger partial charge in [0.1, 0.15) is 0 Å². The Morgan fingerprint density at radius 1 is 1.64 bits per heavy atom. The molecular formula is C10H14ClNOS. The zero-order chi connectivity index (χ0) is 10.6. The summed E-state index contributed by atoms with van der Waals surface area (Å²) in [6, 6.07) is 2.18. The summed E-state index contributed by atoms with van der Waals surface area (Å²) < 4.78 is 0. The van der Waals surface area contributed by atoms with Crippen LogP contribution in [0, 0.1) is 0 Å². The van der Waals surface area contributed by atoms with E-state index < -0.39 is 0 Å². The Balaban J connectivity index is 2.40. The summed E-state index contributed by atoms with van der Waals surface area (Å²) in [7, 11) is 0. The minimum Gasteiger partial charge on any atom is -0.314 e. The Morgan fingerprint density at radius 3 is 2.86 bits per heavy atom. The van der Waals surface area contributed by atoms with Gasteiger partial charge >= 0.3 is 0 Å². The molecule has 0 aliphatic heterocycles. The lowest BCUT2D eigenvalue weighted by Gasteiger charge is -2.06. The SMILES string of the molecule is CC(C)NCCC(=O)c1sccc1Cl. The molecule has 1 rings (SSSR count). The molecule has 0 amide bonds. The molecule has 4 heteroatoms. The number of ketones is 1. The van der Waals surface area contributed by atoms with Crippen LogP contribution in [0.4, 0.5) is 0 Å². The zero-order valence-corrected chi connectivity index (χ0v) is 9.91. The van der Waals surface area contributed by atoms with Gasteiger partial charge in [-0.05, 0) is 11.4 Å². The number of Topliss-reactive ketones (excluding diaryl/α,β-unsaturated/α-hetero) is 1. The maximum absolute atomic E-state index is 11.6. The molecule has 1 heterocycles. The third kappa shape index (κ3) is 3.40. The molecule has 0 unspecified atom stereocenters. The minimum atomic E-state index is 0.123. The molecule has 1 aromatic heterocycles. The molecule has 0 aliphatic carbocycles. The quantitative estimate of drug-likeness (QED) is 0.790. The lowest BCUT2D eigenvalue weighted by atomic mass is 10.2. The van der Waals surface area contributed by atoms with Crippen LogP contribution in [0.3, 0.4) is 0 Å². The van der Waals surface area contributed by atoms with E-state index in [1.54, 1.807) is 6.07 Å². The van der Waals surface area contributed by atoms with E-state index in [0.717, 1.165) is 0 Å². The first-order valence-electron chi connectivity index (χ1n) is 4.61. The van der Waals surface area contributed by atoms with Crippen molar-refractivity contribution in [3.63, 3.8) is 0 Å². The largest absolute Gasteiger partial charge is 0.314 e. The topological polar surface area (TPSA) is 29.1 Å².